The second kappa shape index (κ2) is 7.48. The Morgan fingerprint density at radius 3 is 2.56 bits per heavy atom. The minimum atomic E-state index is -0.497. The van der Waals surface area contributed by atoms with Gasteiger partial charge in [-0.05, 0) is 40.2 Å². The number of aryl methyl sites for hydroxylation is 1. The standard InChI is InChI=1S/C19H24ClNO4/c1-12-13-8-6-9-14(20)17(13)24-16(12)18(23)21(5)11-7-10-15(22)25-19(2,3)4/h6,8-9H,7,10-11H2,1-5H3. The maximum atomic E-state index is 12.6. The van der Waals surface area contributed by atoms with Crippen LogP contribution in [-0.4, -0.2) is 36.0 Å². The Morgan fingerprint density at radius 1 is 1.28 bits per heavy atom. The minimum absolute atomic E-state index is 0.228. The Balaban J connectivity index is 2.00. The molecule has 5 nitrogen and oxygen atoms in total. The topological polar surface area (TPSA) is 59.8 Å². The van der Waals surface area contributed by atoms with Crippen molar-refractivity contribution >= 4 is 34.4 Å². The molecule has 1 aromatic heterocycles. The Labute approximate surface area is 152 Å². The maximum Gasteiger partial charge on any atom is 0.306 e. The molecule has 1 amide bonds. The molecule has 6 heteroatoms. The van der Waals surface area contributed by atoms with Crippen LogP contribution in [0.25, 0.3) is 11.0 Å². The van der Waals surface area contributed by atoms with Gasteiger partial charge in [-0.15, -0.1) is 0 Å². The van der Waals surface area contributed by atoms with Crippen molar-refractivity contribution in [3.8, 4) is 0 Å². The molecule has 2 rings (SSSR count). The highest BCUT2D eigenvalue weighted by Gasteiger charge is 2.22. The molecule has 1 heterocycles. The van der Waals surface area contributed by atoms with E-state index in [2.05, 4.69) is 0 Å². The molecule has 0 saturated carbocycles. The van der Waals surface area contributed by atoms with Crippen molar-refractivity contribution in [2.24, 2.45) is 0 Å². The smallest absolute Gasteiger partial charge is 0.306 e. The predicted molar refractivity (Wildman–Crippen MR) is 98.0 cm³/mol. The summed E-state index contributed by atoms with van der Waals surface area (Å²) in [6.07, 6.45) is 0.789. The molecule has 2 aromatic rings. The van der Waals surface area contributed by atoms with Crippen LogP contribution in [0.1, 0.15) is 49.7 Å². The molecule has 136 valence electrons. The van der Waals surface area contributed by atoms with Crippen LogP contribution in [0.5, 0.6) is 0 Å². The van der Waals surface area contributed by atoms with E-state index >= 15 is 0 Å². The highest BCUT2D eigenvalue weighted by Crippen LogP contribution is 2.31. The molecule has 0 aliphatic carbocycles. The van der Waals surface area contributed by atoms with Gasteiger partial charge in [0, 0.05) is 31.0 Å². The fourth-order valence-corrected chi connectivity index (χ4v) is 2.75. The SMILES string of the molecule is Cc1c(C(=O)N(C)CCCC(=O)OC(C)(C)C)oc2c(Cl)cccc12. The van der Waals surface area contributed by atoms with Crippen LogP contribution in [0, 0.1) is 6.92 Å². The molecular weight excluding hydrogens is 342 g/mol. The zero-order valence-electron chi connectivity index (χ0n) is 15.3. The number of rotatable bonds is 5. The number of furan rings is 1. The van der Waals surface area contributed by atoms with Crippen LogP contribution in [0.3, 0.4) is 0 Å². The zero-order valence-corrected chi connectivity index (χ0v) is 16.1. The summed E-state index contributed by atoms with van der Waals surface area (Å²) < 4.78 is 11.0. The van der Waals surface area contributed by atoms with Crippen molar-refractivity contribution < 1.29 is 18.7 Å². The van der Waals surface area contributed by atoms with Gasteiger partial charge in [0.25, 0.3) is 5.91 Å². The lowest BCUT2D eigenvalue weighted by Gasteiger charge is -2.20. The van der Waals surface area contributed by atoms with Gasteiger partial charge in [0.2, 0.25) is 0 Å². The van der Waals surface area contributed by atoms with E-state index in [1.807, 2.05) is 39.8 Å². The van der Waals surface area contributed by atoms with Crippen molar-refractivity contribution in [1.29, 1.82) is 0 Å². The van der Waals surface area contributed by atoms with Gasteiger partial charge < -0.3 is 14.1 Å². The molecule has 25 heavy (non-hydrogen) atoms. The number of esters is 1. The molecule has 0 spiro atoms. The third-order valence-electron chi connectivity index (χ3n) is 3.75. The van der Waals surface area contributed by atoms with Crippen molar-refractivity contribution in [3.05, 3.63) is 34.5 Å². The number of carbonyl (C=O) groups is 2. The van der Waals surface area contributed by atoms with Crippen LogP contribution >= 0.6 is 11.6 Å². The van der Waals surface area contributed by atoms with E-state index in [4.69, 9.17) is 20.8 Å². The number of nitrogens with zero attached hydrogens (tertiary/aromatic N) is 1. The Kier molecular flexibility index (Phi) is 5.78. The number of amides is 1. The maximum absolute atomic E-state index is 12.6. The normalized spacial score (nSPS) is 11.6. The van der Waals surface area contributed by atoms with E-state index in [9.17, 15) is 9.59 Å². The lowest BCUT2D eigenvalue weighted by Crippen LogP contribution is -2.29. The number of hydrogen-bond acceptors (Lipinski definition) is 4. The molecule has 1 aromatic carbocycles. The Bertz CT molecular complexity index is 789. The van der Waals surface area contributed by atoms with Gasteiger partial charge in [-0.25, -0.2) is 0 Å². The molecule has 0 fully saturated rings. The third-order valence-corrected chi connectivity index (χ3v) is 4.05. The largest absolute Gasteiger partial charge is 0.460 e. The van der Waals surface area contributed by atoms with Crippen molar-refractivity contribution in [2.75, 3.05) is 13.6 Å². The first-order valence-corrected chi connectivity index (χ1v) is 8.63. The van der Waals surface area contributed by atoms with Gasteiger partial charge in [-0.2, -0.15) is 0 Å². The average Bonchev–Trinajstić information content (AvgIpc) is 2.83. The molecule has 0 radical (unpaired) electrons. The molecule has 0 atom stereocenters. The zero-order chi connectivity index (χ0) is 18.8. The van der Waals surface area contributed by atoms with E-state index in [0.29, 0.717) is 23.6 Å². The first-order valence-electron chi connectivity index (χ1n) is 8.25. The van der Waals surface area contributed by atoms with Gasteiger partial charge in [0.05, 0.1) is 5.02 Å². The second-order valence-corrected chi connectivity index (χ2v) is 7.50. The molecule has 0 N–H and O–H groups in total. The summed E-state index contributed by atoms with van der Waals surface area (Å²) in [7, 11) is 1.69. The third kappa shape index (κ3) is 4.75. The molecule has 0 aliphatic heterocycles. The molecule has 0 bridgehead atoms. The van der Waals surface area contributed by atoms with E-state index in [1.54, 1.807) is 18.0 Å². The summed E-state index contributed by atoms with van der Waals surface area (Å²) in [6, 6.07) is 5.43. The van der Waals surface area contributed by atoms with Gasteiger partial charge in [-0.1, -0.05) is 23.7 Å². The van der Waals surface area contributed by atoms with Crippen LogP contribution in [-0.2, 0) is 9.53 Å². The van der Waals surface area contributed by atoms with Crippen molar-refractivity contribution in [3.63, 3.8) is 0 Å². The van der Waals surface area contributed by atoms with Gasteiger partial charge in [0.15, 0.2) is 11.3 Å². The second-order valence-electron chi connectivity index (χ2n) is 7.09. The minimum Gasteiger partial charge on any atom is -0.460 e. The van der Waals surface area contributed by atoms with Gasteiger partial charge in [-0.3, -0.25) is 9.59 Å². The van der Waals surface area contributed by atoms with Gasteiger partial charge >= 0.3 is 5.97 Å². The van der Waals surface area contributed by atoms with E-state index < -0.39 is 5.60 Å². The number of benzene rings is 1. The number of ether oxygens (including phenoxy) is 1. The number of fused-ring (bicyclic) bond motifs is 1. The average molecular weight is 366 g/mol. The lowest BCUT2D eigenvalue weighted by atomic mass is 10.1. The van der Waals surface area contributed by atoms with Crippen LogP contribution in [0.15, 0.2) is 22.6 Å². The van der Waals surface area contributed by atoms with Crippen LogP contribution in [0.2, 0.25) is 5.02 Å². The fourth-order valence-electron chi connectivity index (χ4n) is 2.54. The number of halogens is 1. The monoisotopic (exact) mass is 365 g/mol. The van der Waals surface area contributed by atoms with Crippen molar-refractivity contribution in [1.82, 2.24) is 4.90 Å². The molecule has 0 saturated heterocycles. The van der Waals surface area contributed by atoms with Gasteiger partial charge in [0.1, 0.15) is 5.60 Å². The number of hydrogen-bond donors (Lipinski definition) is 0. The van der Waals surface area contributed by atoms with E-state index in [0.717, 1.165) is 10.9 Å². The first kappa shape index (κ1) is 19.3. The quantitative estimate of drug-likeness (QED) is 0.727. The molecule has 0 aliphatic rings. The summed E-state index contributed by atoms with van der Waals surface area (Å²) in [6.45, 7) is 7.76. The highest BCUT2D eigenvalue weighted by atomic mass is 35.5. The first-order chi connectivity index (χ1) is 11.6. The summed E-state index contributed by atoms with van der Waals surface area (Å²) >= 11 is 6.13. The number of carbonyl (C=O) groups excluding carboxylic acids is 2. The summed E-state index contributed by atoms with van der Waals surface area (Å²) in [5, 5.41) is 1.31. The van der Waals surface area contributed by atoms with E-state index in [-0.39, 0.29) is 24.1 Å². The van der Waals surface area contributed by atoms with E-state index in [1.165, 1.54) is 0 Å². The number of para-hydroxylation sites is 1. The summed E-state index contributed by atoms with van der Waals surface area (Å²) in [5.41, 5.74) is 0.789. The molecular formula is C19H24ClNO4. The predicted octanol–water partition coefficient (Wildman–Crippen LogP) is 4.59. The van der Waals surface area contributed by atoms with Crippen LogP contribution in [0.4, 0.5) is 0 Å². The van der Waals surface area contributed by atoms with Crippen LogP contribution < -0.4 is 0 Å². The summed E-state index contributed by atoms with van der Waals surface area (Å²) in [4.78, 5) is 25.9. The Morgan fingerprint density at radius 2 is 1.96 bits per heavy atom. The lowest BCUT2D eigenvalue weighted by molar-refractivity contribution is -0.154. The molecule has 0 unspecified atom stereocenters. The highest BCUT2D eigenvalue weighted by molar-refractivity contribution is 6.35. The van der Waals surface area contributed by atoms with Crippen molar-refractivity contribution in [2.45, 2.75) is 46.1 Å². The Hall–Kier alpha value is -2.01. The fraction of sp³-hybridized carbons (Fsp3) is 0.474. The summed E-state index contributed by atoms with van der Waals surface area (Å²) in [5.74, 6) is -0.211.